The van der Waals surface area contributed by atoms with Crippen LogP contribution in [0.25, 0.3) is 71.1 Å². The van der Waals surface area contributed by atoms with E-state index in [4.69, 9.17) is 11.0 Å². The summed E-state index contributed by atoms with van der Waals surface area (Å²) in [6.45, 7) is 8.92. The number of pyridine rings is 1. The van der Waals surface area contributed by atoms with Crippen LogP contribution in [0.3, 0.4) is 0 Å². The average molecular weight is 564 g/mol. The summed E-state index contributed by atoms with van der Waals surface area (Å²) < 4.78 is 72.6. The van der Waals surface area contributed by atoms with Crippen LogP contribution in [-0.2, 0) is 12.5 Å². The smallest absolute Gasteiger partial charge is 0.220 e. The van der Waals surface area contributed by atoms with Crippen LogP contribution in [0.2, 0.25) is 0 Å². The van der Waals surface area contributed by atoms with E-state index in [1.165, 1.54) is 21.9 Å². The van der Waals surface area contributed by atoms with Gasteiger partial charge in [-0.1, -0.05) is 93.4 Å². The van der Waals surface area contributed by atoms with Gasteiger partial charge in [-0.2, -0.15) is 0 Å². The Hall–Kier alpha value is -4.95. The Morgan fingerprint density at radius 2 is 1.30 bits per heavy atom. The SMILES string of the molecule is [2H]c1c([2H])c([2H])c2c(c1[2H])c1c([2H])c([2H])c([2H])c([2H])c1n2-c1ccc2c(ccc3c(-c4cc(C(C)(C)C)c5ccccc5c4C)[n+](C)ccc32)c1. The molecule has 6 aromatic carbocycles. The van der Waals surface area contributed by atoms with Gasteiger partial charge in [0.15, 0.2) is 6.20 Å². The van der Waals surface area contributed by atoms with Gasteiger partial charge < -0.3 is 4.57 Å². The van der Waals surface area contributed by atoms with E-state index >= 15 is 0 Å². The third-order valence-electron chi connectivity index (χ3n) is 8.79. The van der Waals surface area contributed by atoms with Gasteiger partial charge in [-0.05, 0) is 81.4 Å². The lowest BCUT2D eigenvalue weighted by atomic mass is 9.80. The maximum Gasteiger partial charge on any atom is 0.220 e. The molecule has 2 heteroatoms. The molecular weight excluding hydrogens is 520 g/mol. The number of hydrogen-bond acceptors (Lipinski definition) is 0. The first-order chi connectivity index (χ1) is 24.1. The van der Waals surface area contributed by atoms with Gasteiger partial charge in [-0.3, -0.25) is 0 Å². The molecule has 0 spiro atoms. The van der Waals surface area contributed by atoms with Gasteiger partial charge in [0.25, 0.3) is 0 Å². The Morgan fingerprint density at radius 1 is 0.651 bits per heavy atom. The molecule has 43 heavy (non-hydrogen) atoms. The molecule has 0 unspecified atom stereocenters. The summed E-state index contributed by atoms with van der Waals surface area (Å²) in [7, 11) is 2.07. The molecule has 0 radical (unpaired) electrons. The van der Waals surface area contributed by atoms with E-state index in [1.807, 2.05) is 24.3 Å². The van der Waals surface area contributed by atoms with Gasteiger partial charge in [0.1, 0.15) is 7.05 Å². The van der Waals surface area contributed by atoms with Crippen LogP contribution in [0, 0.1) is 6.92 Å². The van der Waals surface area contributed by atoms with Crippen molar-refractivity contribution in [1.29, 1.82) is 0 Å². The third-order valence-corrected chi connectivity index (χ3v) is 8.79. The minimum absolute atomic E-state index is 0.0686. The predicted octanol–water partition coefficient (Wildman–Crippen LogP) is 10.3. The lowest BCUT2D eigenvalue weighted by Crippen LogP contribution is -2.31. The van der Waals surface area contributed by atoms with Gasteiger partial charge in [0.2, 0.25) is 5.69 Å². The number of nitrogens with zero attached hydrogens (tertiary/aromatic N) is 2. The number of aromatic nitrogens is 2. The molecule has 0 fully saturated rings. The predicted molar refractivity (Wildman–Crippen MR) is 183 cm³/mol. The highest BCUT2D eigenvalue weighted by Gasteiger charge is 2.25. The summed E-state index contributed by atoms with van der Waals surface area (Å²) in [5.74, 6) is 0. The number of hydrogen-bond donors (Lipinski definition) is 0. The van der Waals surface area contributed by atoms with Gasteiger partial charge in [-0.15, -0.1) is 0 Å². The van der Waals surface area contributed by atoms with E-state index in [0.717, 1.165) is 32.8 Å². The zero-order valence-corrected chi connectivity index (χ0v) is 24.8. The molecule has 2 aromatic heterocycles. The van der Waals surface area contributed by atoms with Crippen LogP contribution in [0.1, 0.15) is 42.9 Å². The summed E-state index contributed by atoms with van der Waals surface area (Å²) >= 11 is 0. The molecule has 0 atom stereocenters. The zero-order valence-electron chi connectivity index (χ0n) is 32.8. The van der Waals surface area contributed by atoms with Crippen LogP contribution in [0.4, 0.5) is 0 Å². The highest BCUT2D eigenvalue weighted by Crippen LogP contribution is 2.40. The second-order valence-corrected chi connectivity index (χ2v) is 12.4. The first-order valence-electron chi connectivity index (χ1n) is 18.5. The first-order valence-corrected chi connectivity index (χ1v) is 14.5. The molecule has 0 amide bonds. The van der Waals surface area contributed by atoms with E-state index in [9.17, 15) is 0 Å². The van der Waals surface area contributed by atoms with Crippen LogP contribution < -0.4 is 4.57 Å². The molecular formula is C41H35N2+. The molecule has 0 N–H and O–H groups in total. The van der Waals surface area contributed by atoms with Crippen molar-refractivity contribution in [3.05, 3.63) is 132 Å². The molecule has 208 valence electrons. The summed E-state index contributed by atoms with van der Waals surface area (Å²) in [4.78, 5) is 0. The minimum atomic E-state index is -0.454. The van der Waals surface area contributed by atoms with Crippen LogP contribution in [-0.4, -0.2) is 4.57 Å². The highest BCUT2D eigenvalue weighted by molar-refractivity contribution is 6.13. The summed E-state index contributed by atoms with van der Waals surface area (Å²) in [5, 5.41) is 6.61. The van der Waals surface area contributed by atoms with Crippen molar-refractivity contribution in [3.63, 3.8) is 0 Å². The molecule has 0 saturated carbocycles. The van der Waals surface area contributed by atoms with E-state index < -0.39 is 24.2 Å². The normalized spacial score (nSPS) is 14.9. The monoisotopic (exact) mass is 563 g/mol. The van der Waals surface area contributed by atoms with E-state index in [-0.39, 0.29) is 51.4 Å². The van der Waals surface area contributed by atoms with E-state index in [2.05, 4.69) is 88.0 Å². The maximum atomic E-state index is 8.88. The molecule has 0 aliphatic carbocycles. The summed E-state index contributed by atoms with van der Waals surface area (Å²) in [6, 6.07) is 19.9. The standard InChI is InChI=1S/C41H35N2/c1-26-29-12-6-7-13-32(29)37(41(2,3)4)25-36(26)40-35-20-18-27-24-28(19-21-30(27)31(35)22-23-42(40)5)43-38-16-10-8-14-33(38)34-15-9-11-17-39(34)43/h6-25H,1-5H3/q+1/i8D,9D,10D,11D,14D,15D,16D,17D. The number of fused-ring (bicyclic) bond motifs is 7. The van der Waals surface area contributed by atoms with Gasteiger partial charge >= 0.3 is 0 Å². The second-order valence-electron chi connectivity index (χ2n) is 12.4. The first kappa shape index (κ1) is 18.6. The maximum absolute atomic E-state index is 8.88. The summed E-state index contributed by atoms with van der Waals surface area (Å²) in [6.07, 6.45) is 2.08. The molecule has 0 aliphatic heterocycles. The minimum Gasteiger partial charge on any atom is -0.309 e. The lowest BCUT2D eigenvalue weighted by Gasteiger charge is -2.24. The fourth-order valence-corrected chi connectivity index (χ4v) is 6.72. The number of benzene rings is 6. The van der Waals surface area contributed by atoms with Crippen molar-refractivity contribution < 1.29 is 15.5 Å². The Kier molecular flexibility index (Phi) is 4.00. The molecule has 0 aliphatic rings. The third kappa shape index (κ3) is 3.83. The van der Waals surface area contributed by atoms with Gasteiger partial charge in [0.05, 0.1) is 32.9 Å². The Balaban J connectivity index is 1.43. The van der Waals surface area contributed by atoms with Gasteiger partial charge in [-0.25, -0.2) is 4.57 Å². The van der Waals surface area contributed by atoms with Crippen molar-refractivity contribution >= 4 is 54.1 Å². The zero-order chi connectivity index (χ0) is 36.4. The number of para-hydroxylation sites is 2. The topological polar surface area (TPSA) is 8.81 Å². The summed E-state index contributed by atoms with van der Waals surface area (Å²) in [5.41, 5.74) is 5.42. The second kappa shape index (κ2) is 9.28. The largest absolute Gasteiger partial charge is 0.309 e. The lowest BCUT2D eigenvalue weighted by molar-refractivity contribution is -0.659. The Labute approximate surface area is 263 Å². The van der Waals surface area contributed by atoms with Crippen LogP contribution in [0.15, 0.2) is 121 Å². The molecule has 8 rings (SSSR count). The van der Waals surface area contributed by atoms with E-state index in [1.54, 1.807) is 4.57 Å². The Bertz CT molecular complexity index is 2770. The Morgan fingerprint density at radius 3 is 2.00 bits per heavy atom. The molecule has 2 heterocycles. The van der Waals surface area contributed by atoms with Crippen molar-refractivity contribution in [3.8, 4) is 16.9 Å². The molecule has 0 bridgehead atoms. The van der Waals surface area contributed by atoms with Crippen LogP contribution in [0.5, 0.6) is 0 Å². The highest BCUT2D eigenvalue weighted by atomic mass is 15.0. The average Bonchev–Trinajstić information content (AvgIpc) is 3.47. The quantitative estimate of drug-likeness (QED) is 0.146. The molecule has 0 saturated heterocycles. The van der Waals surface area contributed by atoms with E-state index in [0.29, 0.717) is 5.69 Å². The molecule has 2 nitrogen and oxygen atoms in total. The fourth-order valence-electron chi connectivity index (χ4n) is 6.72. The number of rotatable bonds is 2. The number of aryl methyl sites for hydroxylation is 2. The van der Waals surface area contributed by atoms with Gasteiger partial charge in [0, 0.05) is 27.9 Å². The molecule has 8 aromatic rings. The van der Waals surface area contributed by atoms with Crippen LogP contribution >= 0.6 is 0 Å². The van der Waals surface area contributed by atoms with Crippen molar-refractivity contribution in [2.24, 2.45) is 7.05 Å². The van der Waals surface area contributed by atoms with Crippen molar-refractivity contribution in [1.82, 2.24) is 4.57 Å². The van der Waals surface area contributed by atoms with Crippen molar-refractivity contribution in [2.75, 3.05) is 0 Å². The van der Waals surface area contributed by atoms with Crippen molar-refractivity contribution in [2.45, 2.75) is 33.1 Å². The fraction of sp³-hybridized carbons (Fsp3) is 0.146.